The molecular formula is C78H53N3. The minimum atomic E-state index is 1.09. The van der Waals surface area contributed by atoms with Crippen LogP contribution >= 0.6 is 0 Å². The van der Waals surface area contributed by atoms with Gasteiger partial charge in [0.1, 0.15) is 0 Å². The maximum atomic E-state index is 2.39. The van der Waals surface area contributed by atoms with Gasteiger partial charge < -0.3 is 14.0 Å². The van der Waals surface area contributed by atoms with E-state index in [1.807, 2.05) is 0 Å². The number of hydrogen-bond acceptors (Lipinski definition) is 1. The Bertz CT molecular complexity index is 4480. The number of hydrogen-bond donors (Lipinski definition) is 0. The van der Waals surface area contributed by atoms with Gasteiger partial charge in [-0.3, -0.25) is 0 Å². The molecular weight excluding hydrogens is 979 g/mol. The van der Waals surface area contributed by atoms with E-state index >= 15 is 0 Å². The van der Waals surface area contributed by atoms with Crippen LogP contribution in [0, 0.1) is 0 Å². The fourth-order valence-corrected chi connectivity index (χ4v) is 12.1. The lowest BCUT2D eigenvalue weighted by molar-refractivity contribution is 1.18. The minimum Gasteiger partial charge on any atom is -0.311 e. The molecule has 0 N–H and O–H groups in total. The third-order valence-electron chi connectivity index (χ3n) is 16.1. The molecule has 0 saturated heterocycles. The van der Waals surface area contributed by atoms with Gasteiger partial charge in [-0.2, -0.15) is 0 Å². The monoisotopic (exact) mass is 1030 g/mol. The zero-order valence-corrected chi connectivity index (χ0v) is 44.4. The molecule has 0 saturated carbocycles. The number of para-hydroxylation sites is 4. The van der Waals surface area contributed by atoms with E-state index in [1.165, 1.54) is 88.1 Å². The summed E-state index contributed by atoms with van der Waals surface area (Å²) >= 11 is 0. The lowest BCUT2D eigenvalue weighted by Crippen LogP contribution is -2.09. The molecule has 0 unspecified atom stereocenters. The Labute approximate surface area is 471 Å². The third kappa shape index (κ3) is 8.75. The number of aromatic nitrogens is 2. The molecule has 0 aliphatic rings. The molecule has 81 heavy (non-hydrogen) atoms. The molecule has 2 aromatic heterocycles. The lowest BCUT2D eigenvalue weighted by Gasteiger charge is -2.26. The van der Waals surface area contributed by atoms with E-state index in [0.29, 0.717) is 0 Å². The van der Waals surface area contributed by atoms with Crippen molar-refractivity contribution < 1.29 is 0 Å². The molecule has 0 aliphatic heterocycles. The standard InChI is InChI=1S/C78H53N3/c1-5-17-54(18-6-1)57-33-41-68(42-34-57)79(69-43-35-58(36-44-69)55-19-7-2-8-20-55)70-45-37-59(38-46-70)56-29-31-60(32-30-56)63-49-64(61-39-47-77-73(52-61)71-25-13-15-27-75(71)80(77)66-21-9-3-10-22-66)51-65(50-63)62-40-48-78-74(53-62)72-26-14-16-28-76(72)81(78)67-23-11-4-12-24-67/h1-53H. The fourth-order valence-electron chi connectivity index (χ4n) is 12.1. The topological polar surface area (TPSA) is 13.1 Å². The summed E-state index contributed by atoms with van der Waals surface area (Å²) in [4.78, 5) is 2.35. The maximum absolute atomic E-state index is 2.39. The van der Waals surface area contributed by atoms with E-state index < -0.39 is 0 Å². The molecule has 0 radical (unpaired) electrons. The Morgan fingerprint density at radius 1 is 0.173 bits per heavy atom. The highest BCUT2D eigenvalue weighted by molar-refractivity contribution is 6.12. The minimum absolute atomic E-state index is 1.09. The van der Waals surface area contributed by atoms with Gasteiger partial charge in [-0.25, -0.2) is 0 Å². The summed E-state index contributed by atoms with van der Waals surface area (Å²) in [5.41, 5.74) is 24.5. The van der Waals surface area contributed by atoms with Crippen LogP contribution in [0.25, 0.3) is 122 Å². The maximum Gasteiger partial charge on any atom is 0.0541 e. The highest BCUT2D eigenvalue weighted by atomic mass is 15.1. The van der Waals surface area contributed by atoms with Crippen LogP contribution in [0.1, 0.15) is 0 Å². The second-order valence-corrected chi connectivity index (χ2v) is 20.9. The van der Waals surface area contributed by atoms with Gasteiger partial charge in [0, 0.05) is 50.0 Å². The van der Waals surface area contributed by atoms with Crippen LogP contribution in [-0.4, -0.2) is 9.13 Å². The van der Waals surface area contributed by atoms with Gasteiger partial charge in [-0.1, -0.05) is 206 Å². The first-order valence-electron chi connectivity index (χ1n) is 27.8. The Hall–Kier alpha value is -10.7. The summed E-state index contributed by atoms with van der Waals surface area (Å²) in [5.74, 6) is 0. The fraction of sp³-hybridized carbons (Fsp3) is 0. The first kappa shape index (κ1) is 47.5. The van der Waals surface area contributed by atoms with Gasteiger partial charge in [-0.15, -0.1) is 0 Å². The first-order valence-corrected chi connectivity index (χ1v) is 27.8. The van der Waals surface area contributed by atoms with E-state index in [4.69, 9.17) is 0 Å². The zero-order valence-electron chi connectivity index (χ0n) is 44.4. The largest absolute Gasteiger partial charge is 0.311 e. The average Bonchev–Trinajstić information content (AvgIpc) is 4.19. The highest BCUT2D eigenvalue weighted by Crippen LogP contribution is 2.42. The summed E-state index contributed by atoms with van der Waals surface area (Å²) in [6.07, 6.45) is 0. The van der Waals surface area contributed by atoms with Crippen LogP contribution in [0.3, 0.4) is 0 Å². The number of nitrogens with zero attached hydrogens (tertiary/aromatic N) is 3. The number of benzene rings is 13. The van der Waals surface area contributed by atoms with Crippen molar-refractivity contribution >= 4 is 60.7 Å². The van der Waals surface area contributed by atoms with Gasteiger partial charge in [0.25, 0.3) is 0 Å². The Morgan fingerprint density at radius 2 is 0.432 bits per heavy atom. The second kappa shape index (κ2) is 20.2. The van der Waals surface area contributed by atoms with Crippen molar-refractivity contribution in [3.05, 3.63) is 322 Å². The predicted molar refractivity (Wildman–Crippen MR) is 342 cm³/mol. The predicted octanol–water partition coefficient (Wildman–Crippen LogP) is 21.4. The summed E-state index contributed by atoms with van der Waals surface area (Å²) < 4.78 is 4.77. The summed E-state index contributed by atoms with van der Waals surface area (Å²) in [7, 11) is 0. The zero-order chi connectivity index (χ0) is 53.6. The van der Waals surface area contributed by atoms with Gasteiger partial charge in [0.05, 0.1) is 22.1 Å². The van der Waals surface area contributed by atoms with Gasteiger partial charge in [0.15, 0.2) is 0 Å². The molecule has 2 heterocycles. The van der Waals surface area contributed by atoms with E-state index in [1.54, 1.807) is 0 Å². The van der Waals surface area contributed by atoms with Crippen molar-refractivity contribution in [3.63, 3.8) is 0 Å². The van der Waals surface area contributed by atoms with Crippen LogP contribution in [0.2, 0.25) is 0 Å². The SMILES string of the molecule is c1ccc(-c2ccc(N(c3ccc(-c4ccccc4)cc3)c3ccc(-c4ccc(-c5cc(-c6ccc7c(c6)c6ccccc6n7-c6ccccc6)cc(-c6ccc7c(c6)c6ccccc6n7-c6ccccc6)c5)cc4)cc3)cc2)cc1. The first-order chi connectivity index (χ1) is 40.1. The molecule has 3 heteroatoms. The average molecular weight is 1030 g/mol. The Kier molecular flexibility index (Phi) is 11.9. The molecule has 13 aromatic carbocycles. The van der Waals surface area contributed by atoms with Crippen molar-refractivity contribution in [1.82, 2.24) is 9.13 Å². The van der Waals surface area contributed by atoms with E-state index in [2.05, 4.69) is 336 Å². The second-order valence-electron chi connectivity index (χ2n) is 20.9. The van der Waals surface area contributed by atoms with Crippen molar-refractivity contribution in [2.24, 2.45) is 0 Å². The van der Waals surface area contributed by atoms with Crippen LogP contribution in [0.5, 0.6) is 0 Å². The quantitative estimate of drug-likeness (QED) is 0.126. The van der Waals surface area contributed by atoms with Crippen LogP contribution in [0.15, 0.2) is 322 Å². The molecule has 380 valence electrons. The smallest absolute Gasteiger partial charge is 0.0541 e. The van der Waals surface area contributed by atoms with Gasteiger partial charge in [-0.05, 0) is 182 Å². The number of fused-ring (bicyclic) bond motifs is 6. The number of rotatable bonds is 11. The van der Waals surface area contributed by atoms with E-state index in [0.717, 1.165) is 50.7 Å². The molecule has 0 bridgehead atoms. The van der Waals surface area contributed by atoms with Crippen molar-refractivity contribution in [2.45, 2.75) is 0 Å². The molecule has 0 fully saturated rings. The molecule has 15 aromatic rings. The van der Waals surface area contributed by atoms with Crippen molar-refractivity contribution in [3.8, 4) is 78.1 Å². The number of anilines is 3. The lowest BCUT2D eigenvalue weighted by atomic mass is 9.91. The Morgan fingerprint density at radius 3 is 0.802 bits per heavy atom. The van der Waals surface area contributed by atoms with Crippen LogP contribution < -0.4 is 4.90 Å². The van der Waals surface area contributed by atoms with Gasteiger partial charge in [0.2, 0.25) is 0 Å². The summed E-state index contributed by atoms with van der Waals surface area (Å²) in [6.45, 7) is 0. The van der Waals surface area contributed by atoms with Crippen LogP contribution in [0.4, 0.5) is 17.1 Å². The van der Waals surface area contributed by atoms with Crippen molar-refractivity contribution in [1.29, 1.82) is 0 Å². The van der Waals surface area contributed by atoms with E-state index in [-0.39, 0.29) is 0 Å². The molecule has 15 rings (SSSR count). The molecule has 0 spiro atoms. The summed E-state index contributed by atoms with van der Waals surface area (Å²) in [6, 6.07) is 117. The highest BCUT2D eigenvalue weighted by Gasteiger charge is 2.18. The summed E-state index contributed by atoms with van der Waals surface area (Å²) in [5, 5.41) is 4.94. The van der Waals surface area contributed by atoms with Crippen LogP contribution in [-0.2, 0) is 0 Å². The Balaban J connectivity index is 0.811. The van der Waals surface area contributed by atoms with Crippen molar-refractivity contribution in [2.75, 3.05) is 4.90 Å². The molecule has 3 nitrogen and oxygen atoms in total. The molecule has 0 atom stereocenters. The van der Waals surface area contributed by atoms with E-state index in [9.17, 15) is 0 Å². The van der Waals surface area contributed by atoms with Gasteiger partial charge >= 0.3 is 0 Å². The third-order valence-corrected chi connectivity index (χ3v) is 16.1. The molecule has 0 amide bonds. The normalized spacial score (nSPS) is 11.5. The molecule has 0 aliphatic carbocycles.